The smallest absolute Gasteiger partial charge is 0.222 e. The number of benzene rings is 2. The summed E-state index contributed by atoms with van der Waals surface area (Å²) < 4.78 is 1.95. The lowest BCUT2D eigenvalue weighted by Gasteiger charge is -2.33. The number of amides is 1. The number of likely N-dealkylation sites (tertiary alicyclic amines) is 1. The minimum Gasteiger partial charge on any atom is -0.388 e. The summed E-state index contributed by atoms with van der Waals surface area (Å²) in [7, 11) is 0. The molecular weight excluding hydrogens is 376 g/mol. The normalized spacial score (nSPS) is 17.3. The molecule has 1 saturated heterocycles. The summed E-state index contributed by atoms with van der Waals surface area (Å²) in [5, 5.41) is 12.8. The van der Waals surface area contributed by atoms with Crippen molar-refractivity contribution in [1.29, 1.82) is 0 Å². The number of hydrogen-bond acceptors (Lipinski definition) is 4. The first-order valence-electron chi connectivity index (χ1n) is 10.8. The number of aliphatic hydroxyl groups excluding tert-OH is 1. The lowest BCUT2D eigenvalue weighted by molar-refractivity contribution is -0.122. The van der Waals surface area contributed by atoms with E-state index >= 15 is 0 Å². The number of imidazole rings is 1. The summed E-state index contributed by atoms with van der Waals surface area (Å²) in [6.07, 6.45) is 3.57. The van der Waals surface area contributed by atoms with Crippen molar-refractivity contribution in [2.75, 3.05) is 19.6 Å². The summed E-state index contributed by atoms with van der Waals surface area (Å²) in [6, 6.07) is 18.6. The molecule has 1 aliphatic heterocycles. The van der Waals surface area contributed by atoms with E-state index in [0.29, 0.717) is 18.8 Å². The standard InChI is InChI=1S/C24H30N4O2/c29-18-23-26-21-10-4-5-11-22(21)28(23)16-13-24(30)25-20-9-6-14-27(17-20)15-12-19-7-2-1-3-8-19/h1-5,7-8,10-11,20,29H,6,9,12-18H2,(H,25,30)/t20-/m1/s1. The first-order chi connectivity index (χ1) is 14.7. The van der Waals surface area contributed by atoms with Crippen LogP contribution in [0.1, 0.15) is 30.7 Å². The van der Waals surface area contributed by atoms with Gasteiger partial charge in [-0.1, -0.05) is 42.5 Å². The number of rotatable bonds is 8. The molecule has 2 aromatic carbocycles. The van der Waals surface area contributed by atoms with E-state index in [1.165, 1.54) is 5.56 Å². The summed E-state index contributed by atoms with van der Waals surface area (Å²) in [5.41, 5.74) is 3.17. The predicted molar refractivity (Wildman–Crippen MR) is 118 cm³/mol. The van der Waals surface area contributed by atoms with Crippen molar-refractivity contribution in [2.45, 2.75) is 44.9 Å². The van der Waals surface area contributed by atoms with Gasteiger partial charge >= 0.3 is 0 Å². The van der Waals surface area contributed by atoms with Crippen LogP contribution in [0.25, 0.3) is 11.0 Å². The second-order valence-corrected chi connectivity index (χ2v) is 8.02. The van der Waals surface area contributed by atoms with Crippen LogP contribution in [0, 0.1) is 0 Å². The van der Waals surface area contributed by atoms with E-state index < -0.39 is 0 Å². The van der Waals surface area contributed by atoms with Gasteiger partial charge in [-0.2, -0.15) is 0 Å². The number of piperidine rings is 1. The molecule has 0 radical (unpaired) electrons. The number of aryl methyl sites for hydroxylation is 1. The van der Waals surface area contributed by atoms with Crippen LogP contribution in [0.5, 0.6) is 0 Å². The zero-order chi connectivity index (χ0) is 20.8. The molecule has 2 heterocycles. The molecule has 2 N–H and O–H groups in total. The number of carbonyl (C=O) groups excluding carboxylic acids is 1. The van der Waals surface area contributed by atoms with E-state index in [2.05, 4.69) is 39.5 Å². The van der Waals surface area contributed by atoms with Crippen LogP contribution < -0.4 is 5.32 Å². The van der Waals surface area contributed by atoms with Crippen molar-refractivity contribution in [2.24, 2.45) is 0 Å². The van der Waals surface area contributed by atoms with E-state index in [4.69, 9.17) is 0 Å². The van der Waals surface area contributed by atoms with Gasteiger partial charge in [-0.3, -0.25) is 4.79 Å². The highest BCUT2D eigenvalue weighted by Gasteiger charge is 2.21. The molecule has 1 atom stereocenters. The Bertz CT molecular complexity index is 970. The third-order valence-corrected chi connectivity index (χ3v) is 5.87. The molecule has 6 heteroatoms. The lowest BCUT2D eigenvalue weighted by Crippen LogP contribution is -2.48. The number of hydrogen-bond donors (Lipinski definition) is 2. The van der Waals surface area contributed by atoms with Gasteiger partial charge < -0.3 is 19.9 Å². The molecule has 1 fully saturated rings. The van der Waals surface area contributed by atoms with E-state index in [9.17, 15) is 9.90 Å². The maximum Gasteiger partial charge on any atom is 0.222 e. The van der Waals surface area contributed by atoms with Crippen LogP contribution in [-0.4, -0.2) is 51.1 Å². The van der Waals surface area contributed by atoms with Crippen LogP contribution >= 0.6 is 0 Å². The van der Waals surface area contributed by atoms with Gasteiger partial charge in [0.05, 0.1) is 11.0 Å². The average Bonchev–Trinajstić information content (AvgIpc) is 3.15. The molecule has 0 spiro atoms. The number of carbonyl (C=O) groups is 1. The van der Waals surface area contributed by atoms with Crippen molar-refractivity contribution in [1.82, 2.24) is 19.8 Å². The van der Waals surface area contributed by atoms with Gasteiger partial charge in [-0.05, 0) is 43.5 Å². The molecule has 6 nitrogen and oxygen atoms in total. The molecule has 30 heavy (non-hydrogen) atoms. The molecule has 0 aliphatic carbocycles. The number of nitrogens with zero attached hydrogens (tertiary/aromatic N) is 3. The first kappa shape index (κ1) is 20.6. The zero-order valence-electron chi connectivity index (χ0n) is 17.3. The Kier molecular flexibility index (Phi) is 6.77. The fraction of sp³-hybridized carbons (Fsp3) is 0.417. The van der Waals surface area contributed by atoms with Gasteiger partial charge in [0, 0.05) is 32.1 Å². The minimum absolute atomic E-state index is 0.0616. The third-order valence-electron chi connectivity index (χ3n) is 5.87. The molecular formula is C24H30N4O2. The highest BCUT2D eigenvalue weighted by atomic mass is 16.3. The van der Waals surface area contributed by atoms with Crippen molar-refractivity contribution >= 4 is 16.9 Å². The predicted octanol–water partition coefficient (Wildman–Crippen LogP) is 2.74. The fourth-order valence-electron chi connectivity index (χ4n) is 4.32. The highest BCUT2D eigenvalue weighted by Crippen LogP contribution is 2.17. The van der Waals surface area contributed by atoms with E-state index in [1.54, 1.807) is 0 Å². The van der Waals surface area contributed by atoms with Crippen molar-refractivity contribution in [3.63, 3.8) is 0 Å². The Hall–Kier alpha value is -2.70. The molecule has 3 aromatic rings. The average molecular weight is 407 g/mol. The number of para-hydroxylation sites is 2. The van der Waals surface area contributed by atoms with Crippen LogP contribution in [-0.2, 0) is 24.4 Å². The number of nitrogens with one attached hydrogen (secondary N) is 1. The fourth-order valence-corrected chi connectivity index (χ4v) is 4.32. The molecule has 1 aromatic heterocycles. The van der Waals surface area contributed by atoms with Crippen LogP contribution in [0.3, 0.4) is 0 Å². The number of fused-ring (bicyclic) bond motifs is 1. The molecule has 1 amide bonds. The van der Waals surface area contributed by atoms with Gasteiger partial charge in [0.25, 0.3) is 0 Å². The Balaban J connectivity index is 1.28. The second kappa shape index (κ2) is 9.87. The summed E-state index contributed by atoms with van der Waals surface area (Å²) in [5.74, 6) is 0.667. The van der Waals surface area contributed by atoms with Gasteiger partial charge in [0.15, 0.2) is 0 Å². The summed E-state index contributed by atoms with van der Waals surface area (Å²) in [6.45, 7) is 3.42. The zero-order valence-corrected chi connectivity index (χ0v) is 17.3. The Labute approximate surface area is 177 Å². The maximum absolute atomic E-state index is 12.6. The molecule has 0 bridgehead atoms. The van der Waals surface area contributed by atoms with Gasteiger partial charge in [-0.25, -0.2) is 4.98 Å². The number of aromatic nitrogens is 2. The van der Waals surface area contributed by atoms with Gasteiger partial charge in [0.2, 0.25) is 5.91 Å². The minimum atomic E-state index is -0.130. The monoisotopic (exact) mass is 406 g/mol. The van der Waals surface area contributed by atoms with Crippen molar-refractivity contribution in [3.05, 3.63) is 66.0 Å². The van der Waals surface area contributed by atoms with E-state index in [1.807, 2.05) is 34.9 Å². The van der Waals surface area contributed by atoms with Crippen LogP contribution in [0.2, 0.25) is 0 Å². The molecule has 4 rings (SSSR count). The number of aliphatic hydroxyl groups is 1. The van der Waals surface area contributed by atoms with Gasteiger partial charge in [-0.15, -0.1) is 0 Å². The summed E-state index contributed by atoms with van der Waals surface area (Å²) >= 11 is 0. The SMILES string of the molecule is O=C(CCn1c(CO)nc2ccccc21)N[C@@H]1CCCN(CCc2ccccc2)C1. The summed E-state index contributed by atoms with van der Waals surface area (Å²) in [4.78, 5) is 19.5. The molecule has 158 valence electrons. The van der Waals surface area contributed by atoms with Crippen molar-refractivity contribution in [3.8, 4) is 0 Å². The molecule has 0 unspecified atom stereocenters. The third kappa shape index (κ3) is 5.07. The Morgan fingerprint density at radius 1 is 1.10 bits per heavy atom. The molecule has 0 saturated carbocycles. The van der Waals surface area contributed by atoms with Gasteiger partial charge in [0.1, 0.15) is 12.4 Å². The largest absolute Gasteiger partial charge is 0.388 e. The first-order valence-corrected chi connectivity index (χ1v) is 10.8. The molecule has 1 aliphatic rings. The maximum atomic E-state index is 12.6. The van der Waals surface area contributed by atoms with Crippen molar-refractivity contribution < 1.29 is 9.90 Å². The highest BCUT2D eigenvalue weighted by molar-refractivity contribution is 5.78. The second-order valence-electron chi connectivity index (χ2n) is 8.02. The lowest BCUT2D eigenvalue weighted by atomic mass is 10.0. The van der Waals surface area contributed by atoms with E-state index in [0.717, 1.165) is 49.9 Å². The Morgan fingerprint density at radius 2 is 1.90 bits per heavy atom. The quantitative estimate of drug-likeness (QED) is 0.604. The van der Waals surface area contributed by atoms with Crippen LogP contribution in [0.15, 0.2) is 54.6 Å². The topological polar surface area (TPSA) is 70.4 Å². The van der Waals surface area contributed by atoms with Crippen LogP contribution in [0.4, 0.5) is 0 Å². The Morgan fingerprint density at radius 3 is 2.73 bits per heavy atom. The van der Waals surface area contributed by atoms with E-state index in [-0.39, 0.29) is 18.6 Å².